The second-order valence-electron chi connectivity index (χ2n) is 3.48. The van der Waals surface area contributed by atoms with Gasteiger partial charge in [0.25, 0.3) is 0 Å². The Bertz CT molecular complexity index is 299. The Hall–Kier alpha value is -1.09. The van der Waals surface area contributed by atoms with E-state index in [0.717, 1.165) is 25.8 Å². The van der Waals surface area contributed by atoms with Crippen LogP contribution in [0.25, 0.3) is 0 Å². The molecule has 1 rings (SSSR count). The molecule has 1 atom stereocenters. The standard InChI is InChI=1S/C11H17NO2/c1-2-10(13)4-3-7-12-8-5-11(14)6-9-12/h5-6,8-10,13H,2-4,7H2,1H3. The first-order valence-electron chi connectivity index (χ1n) is 5.06. The SMILES string of the molecule is CCC(O)CCCn1ccc(=O)cc1. The number of aliphatic hydroxyl groups is 1. The van der Waals surface area contributed by atoms with Crippen LogP contribution >= 0.6 is 0 Å². The molecule has 0 radical (unpaired) electrons. The summed E-state index contributed by atoms with van der Waals surface area (Å²) in [6.07, 6.45) is 5.95. The first-order valence-corrected chi connectivity index (χ1v) is 5.06. The van der Waals surface area contributed by atoms with Gasteiger partial charge in [0, 0.05) is 31.1 Å². The van der Waals surface area contributed by atoms with Crippen LogP contribution in [-0.2, 0) is 6.54 Å². The minimum Gasteiger partial charge on any atom is -0.393 e. The summed E-state index contributed by atoms with van der Waals surface area (Å²) in [5.74, 6) is 0. The highest BCUT2D eigenvalue weighted by Gasteiger charge is 1.99. The smallest absolute Gasteiger partial charge is 0.181 e. The molecule has 1 N–H and O–H groups in total. The maximum atomic E-state index is 10.8. The zero-order valence-electron chi connectivity index (χ0n) is 8.52. The second-order valence-corrected chi connectivity index (χ2v) is 3.48. The lowest BCUT2D eigenvalue weighted by Crippen LogP contribution is -2.08. The molecule has 0 aliphatic carbocycles. The summed E-state index contributed by atoms with van der Waals surface area (Å²) >= 11 is 0. The fourth-order valence-electron chi connectivity index (χ4n) is 1.31. The second kappa shape index (κ2) is 5.60. The van der Waals surface area contributed by atoms with Gasteiger partial charge in [-0.2, -0.15) is 0 Å². The summed E-state index contributed by atoms with van der Waals surface area (Å²) in [7, 11) is 0. The van der Waals surface area contributed by atoms with Crippen molar-refractivity contribution in [2.75, 3.05) is 0 Å². The van der Waals surface area contributed by atoms with Gasteiger partial charge in [0.2, 0.25) is 0 Å². The van der Waals surface area contributed by atoms with Crippen molar-refractivity contribution in [3.8, 4) is 0 Å². The maximum Gasteiger partial charge on any atom is 0.181 e. The molecule has 1 aromatic heterocycles. The molecule has 14 heavy (non-hydrogen) atoms. The Kier molecular flexibility index (Phi) is 4.40. The summed E-state index contributed by atoms with van der Waals surface area (Å²) < 4.78 is 1.96. The molecule has 0 saturated heterocycles. The van der Waals surface area contributed by atoms with Gasteiger partial charge in [-0.3, -0.25) is 4.79 Å². The Morgan fingerprint density at radius 1 is 1.43 bits per heavy atom. The Morgan fingerprint density at radius 2 is 2.07 bits per heavy atom. The number of aromatic nitrogens is 1. The Labute approximate surface area is 84.0 Å². The van der Waals surface area contributed by atoms with Gasteiger partial charge < -0.3 is 9.67 Å². The molecular weight excluding hydrogens is 178 g/mol. The average Bonchev–Trinajstić information content (AvgIpc) is 2.21. The molecule has 0 spiro atoms. The number of rotatable bonds is 5. The monoisotopic (exact) mass is 195 g/mol. The normalized spacial score (nSPS) is 12.7. The lowest BCUT2D eigenvalue weighted by Gasteiger charge is -2.08. The van der Waals surface area contributed by atoms with E-state index in [1.165, 1.54) is 0 Å². The third-order valence-electron chi connectivity index (χ3n) is 2.29. The number of aryl methyl sites for hydroxylation is 1. The topological polar surface area (TPSA) is 42.2 Å². The van der Waals surface area contributed by atoms with Gasteiger partial charge in [0.1, 0.15) is 0 Å². The van der Waals surface area contributed by atoms with Crippen molar-refractivity contribution in [2.45, 2.75) is 38.8 Å². The molecule has 3 heteroatoms. The van der Waals surface area contributed by atoms with E-state index < -0.39 is 0 Å². The highest BCUT2D eigenvalue weighted by molar-refractivity contribution is 4.93. The van der Waals surface area contributed by atoms with Crippen LogP contribution in [0.3, 0.4) is 0 Å². The fourth-order valence-corrected chi connectivity index (χ4v) is 1.31. The van der Waals surface area contributed by atoms with Gasteiger partial charge in [0.15, 0.2) is 5.43 Å². The molecule has 3 nitrogen and oxygen atoms in total. The number of nitrogens with zero attached hydrogens (tertiary/aromatic N) is 1. The van der Waals surface area contributed by atoms with Crippen molar-refractivity contribution in [3.05, 3.63) is 34.7 Å². The van der Waals surface area contributed by atoms with Crippen LogP contribution in [0, 0.1) is 0 Å². The molecule has 0 amide bonds. The quantitative estimate of drug-likeness (QED) is 0.771. The first-order chi connectivity index (χ1) is 6.72. The first kappa shape index (κ1) is 11.0. The van der Waals surface area contributed by atoms with E-state index in [1.807, 2.05) is 11.5 Å². The molecule has 78 valence electrons. The largest absolute Gasteiger partial charge is 0.393 e. The van der Waals surface area contributed by atoms with Crippen LogP contribution in [0.15, 0.2) is 29.3 Å². The lowest BCUT2D eigenvalue weighted by molar-refractivity contribution is 0.156. The van der Waals surface area contributed by atoms with Gasteiger partial charge in [-0.05, 0) is 19.3 Å². The third kappa shape index (κ3) is 3.75. The summed E-state index contributed by atoms with van der Waals surface area (Å²) in [6.45, 7) is 2.83. The highest BCUT2D eigenvalue weighted by Crippen LogP contribution is 2.02. The minimum atomic E-state index is -0.186. The number of hydrogen-bond acceptors (Lipinski definition) is 2. The van der Waals surface area contributed by atoms with Crippen molar-refractivity contribution in [1.29, 1.82) is 0 Å². The fraction of sp³-hybridized carbons (Fsp3) is 0.545. The summed E-state index contributed by atoms with van der Waals surface area (Å²) in [5, 5.41) is 9.32. The third-order valence-corrected chi connectivity index (χ3v) is 2.29. The van der Waals surface area contributed by atoms with E-state index in [9.17, 15) is 9.90 Å². The summed E-state index contributed by atoms with van der Waals surface area (Å²) in [5.41, 5.74) is 0.0369. The Balaban J connectivity index is 2.31. The average molecular weight is 195 g/mol. The van der Waals surface area contributed by atoms with Crippen LogP contribution < -0.4 is 5.43 Å². The highest BCUT2D eigenvalue weighted by atomic mass is 16.3. The van der Waals surface area contributed by atoms with Crippen LogP contribution in [0.5, 0.6) is 0 Å². The van der Waals surface area contributed by atoms with Crippen LogP contribution in [0.2, 0.25) is 0 Å². The molecule has 0 saturated carbocycles. The van der Waals surface area contributed by atoms with Gasteiger partial charge in [0.05, 0.1) is 6.10 Å². The van der Waals surface area contributed by atoms with Gasteiger partial charge in [-0.25, -0.2) is 0 Å². The van der Waals surface area contributed by atoms with Crippen molar-refractivity contribution in [1.82, 2.24) is 4.57 Å². The predicted molar refractivity (Wildman–Crippen MR) is 56.2 cm³/mol. The van der Waals surface area contributed by atoms with Gasteiger partial charge in [-0.1, -0.05) is 6.92 Å². The van der Waals surface area contributed by atoms with Crippen molar-refractivity contribution in [2.24, 2.45) is 0 Å². The molecule has 1 aromatic rings. The molecule has 1 heterocycles. The molecule has 0 fully saturated rings. The van der Waals surface area contributed by atoms with Crippen molar-refractivity contribution >= 4 is 0 Å². The minimum absolute atomic E-state index is 0.0369. The Morgan fingerprint density at radius 3 is 2.64 bits per heavy atom. The number of hydrogen-bond donors (Lipinski definition) is 1. The van der Waals surface area contributed by atoms with E-state index >= 15 is 0 Å². The zero-order chi connectivity index (χ0) is 10.4. The van der Waals surface area contributed by atoms with Crippen molar-refractivity contribution < 1.29 is 5.11 Å². The zero-order valence-corrected chi connectivity index (χ0v) is 8.52. The molecule has 0 bridgehead atoms. The van der Waals surface area contributed by atoms with E-state index in [0.29, 0.717) is 0 Å². The van der Waals surface area contributed by atoms with E-state index in [1.54, 1.807) is 24.5 Å². The lowest BCUT2D eigenvalue weighted by atomic mass is 10.1. The van der Waals surface area contributed by atoms with E-state index in [-0.39, 0.29) is 11.5 Å². The van der Waals surface area contributed by atoms with Gasteiger partial charge in [-0.15, -0.1) is 0 Å². The molecule has 0 aliphatic rings. The number of aliphatic hydroxyl groups excluding tert-OH is 1. The summed E-state index contributed by atoms with van der Waals surface area (Å²) in [6, 6.07) is 3.10. The van der Waals surface area contributed by atoms with Gasteiger partial charge >= 0.3 is 0 Å². The molecule has 0 aromatic carbocycles. The van der Waals surface area contributed by atoms with Crippen molar-refractivity contribution in [3.63, 3.8) is 0 Å². The number of pyridine rings is 1. The maximum absolute atomic E-state index is 10.8. The molecule has 0 aliphatic heterocycles. The van der Waals surface area contributed by atoms with E-state index in [2.05, 4.69) is 0 Å². The van der Waals surface area contributed by atoms with Crippen LogP contribution in [0.4, 0.5) is 0 Å². The van der Waals surface area contributed by atoms with Crippen LogP contribution in [0.1, 0.15) is 26.2 Å². The summed E-state index contributed by atoms with van der Waals surface area (Å²) in [4.78, 5) is 10.8. The van der Waals surface area contributed by atoms with Crippen LogP contribution in [-0.4, -0.2) is 15.8 Å². The molecular formula is C11H17NO2. The predicted octanol–water partition coefficient (Wildman–Crippen LogP) is 1.40. The van der Waals surface area contributed by atoms with E-state index in [4.69, 9.17) is 0 Å². The molecule has 1 unspecified atom stereocenters.